The number of nitrogens with two attached hydrogens (primary N) is 1. The van der Waals surface area contributed by atoms with Gasteiger partial charge in [-0.2, -0.15) is 0 Å². The second-order valence-corrected chi connectivity index (χ2v) is 10.8. The summed E-state index contributed by atoms with van der Waals surface area (Å²) in [5.41, 5.74) is 13.5. The zero-order valence-corrected chi connectivity index (χ0v) is 25.7. The number of nitrogens with zero attached hydrogens (tertiary/aromatic N) is 2. The number of hydrazine groups is 1. The van der Waals surface area contributed by atoms with E-state index >= 15 is 0 Å². The van der Waals surface area contributed by atoms with Crippen LogP contribution in [0.5, 0.6) is 0 Å². The van der Waals surface area contributed by atoms with Crippen LogP contribution in [-0.2, 0) is 14.9 Å². The molecule has 3 atom stereocenters. The Morgan fingerprint density at radius 1 is 1.02 bits per heavy atom. The van der Waals surface area contributed by atoms with Gasteiger partial charge in [0.2, 0.25) is 0 Å². The van der Waals surface area contributed by atoms with Crippen LogP contribution >= 0.6 is 0 Å². The number of allylic oxidation sites excluding steroid dienone is 2. The maximum absolute atomic E-state index is 11.4. The lowest BCUT2D eigenvalue weighted by atomic mass is 9.68. The number of carbonyl (C=O) groups excluding carboxylic acids is 1. The molecule has 0 aliphatic rings. The van der Waals surface area contributed by atoms with Crippen LogP contribution in [0.25, 0.3) is 0 Å². The van der Waals surface area contributed by atoms with Crippen LogP contribution in [0.3, 0.4) is 0 Å². The molecule has 226 valence electrons. The van der Waals surface area contributed by atoms with E-state index in [2.05, 4.69) is 128 Å². The Bertz CT molecular complexity index is 1020. The van der Waals surface area contributed by atoms with Gasteiger partial charge in [-0.3, -0.25) is 15.7 Å². The van der Waals surface area contributed by atoms with E-state index in [1.807, 2.05) is 7.05 Å². The van der Waals surface area contributed by atoms with Crippen molar-refractivity contribution in [3.63, 3.8) is 0 Å². The number of guanidine groups is 1. The highest BCUT2D eigenvalue weighted by molar-refractivity contribution is 5.74. The van der Waals surface area contributed by atoms with Crippen molar-refractivity contribution in [2.75, 3.05) is 40.8 Å². The Morgan fingerprint density at radius 2 is 1.61 bits per heavy atom. The summed E-state index contributed by atoms with van der Waals surface area (Å²) in [5.74, 6) is 0.866. The minimum absolute atomic E-state index is 0.0591. The highest BCUT2D eigenvalue weighted by Crippen LogP contribution is 2.44. The summed E-state index contributed by atoms with van der Waals surface area (Å²) in [6.07, 6.45) is 5.04. The van der Waals surface area contributed by atoms with Gasteiger partial charge in [-0.25, -0.2) is 5.43 Å². The Hall–Kier alpha value is -3.24. The van der Waals surface area contributed by atoms with E-state index in [0.717, 1.165) is 24.9 Å². The lowest BCUT2D eigenvalue weighted by Crippen LogP contribution is -2.47. The predicted octanol–water partition coefficient (Wildman–Crippen LogP) is 3.44. The molecule has 41 heavy (non-hydrogen) atoms. The van der Waals surface area contributed by atoms with Gasteiger partial charge in [-0.1, -0.05) is 60.7 Å². The van der Waals surface area contributed by atoms with Gasteiger partial charge in [0.1, 0.15) is 18.3 Å². The second kappa shape index (κ2) is 17.5. The maximum Gasteiger partial charge on any atom is 0.185 e. The first-order valence-corrected chi connectivity index (χ1v) is 14.5. The number of carbonyl (C=O) groups is 1. The molecule has 0 saturated heterocycles. The molecular weight excluding hydrogens is 514 g/mol. The first-order chi connectivity index (χ1) is 19.6. The normalized spacial score (nSPS) is 14.5. The third kappa shape index (κ3) is 10.3. The van der Waals surface area contributed by atoms with E-state index in [1.54, 1.807) is 0 Å². The lowest BCUT2D eigenvalue weighted by molar-refractivity contribution is -0.110. The van der Waals surface area contributed by atoms with Crippen LogP contribution in [0.2, 0.25) is 0 Å². The first kappa shape index (κ1) is 34.0. The van der Waals surface area contributed by atoms with Crippen LogP contribution in [0.15, 0.2) is 72.5 Å². The molecule has 0 fully saturated rings. The summed E-state index contributed by atoms with van der Waals surface area (Å²) in [6.45, 7) is 8.29. The van der Waals surface area contributed by atoms with Crippen LogP contribution < -0.4 is 21.9 Å². The summed E-state index contributed by atoms with van der Waals surface area (Å²) in [4.78, 5) is 15.9. The molecule has 0 bridgehead atoms. The smallest absolute Gasteiger partial charge is 0.185 e. The summed E-state index contributed by atoms with van der Waals surface area (Å²) < 4.78 is 6.83. The van der Waals surface area contributed by atoms with Gasteiger partial charge < -0.3 is 25.5 Å². The molecule has 0 aromatic heterocycles. The number of nitrogens with one attached hydrogen (secondary N) is 4. The van der Waals surface area contributed by atoms with E-state index in [4.69, 9.17) is 15.9 Å². The Morgan fingerprint density at radius 3 is 2.10 bits per heavy atom. The molecule has 2 aromatic rings. The van der Waals surface area contributed by atoms with Crippen molar-refractivity contribution in [1.29, 1.82) is 5.41 Å². The van der Waals surface area contributed by atoms with Crippen molar-refractivity contribution in [3.8, 4) is 0 Å². The van der Waals surface area contributed by atoms with Gasteiger partial charge in [0.25, 0.3) is 0 Å². The van der Waals surface area contributed by atoms with Crippen LogP contribution in [0, 0.1) is 5.41 Å². The van der Waals surface area contributed by atoms with E-state index in [9.17, 15) is 4.79 Å². The molecule has 2 rings (SSSR count). The van der Waals surface area contributed by atoms with Gasteiger partial charge in [0.05, 0.1) is 11.5 Å². The van der Waals surface area contributed by atoms with Gasteiger partial charge in [0, 0.05) is 25.7 Å². The van der Waals surface area contributed by atoms with E-state index < -0.39 is 5.41 Å². The largest absolute Gasteiger partial charge is 0.479 e. The van der Waals surface area contributed by atoms with Crippen molar-refractivity contribution < 1.29 is 9.53 Å². The number of likely N-dealkylation sites (N-methyl/N-ethyl adjacent to an activating group) is 1. The molecule has 6 N–H and O–H groups in total. The second-order valence-electron chi connectivity index (χ2n) is 10.8. The highest BCUT2D eigenvalue weighted by Gasteiger charge is 2.42. The highest BCUT2D eigenvalue weighted by atomic mass is 16.5. The van der Waals surface area contributed by atoms with Crippen molar-refractivity contribution in [3.05, 3.63) is 83.6 Å². The predicted molar refractivity (Wildman–Crippen MR) is 169 cm³/mol. The van der Waals surface area contributed by atoms with E-state index in [-0.39, 0.29) is 18.2 Å². The van der Waals surface area contributed by atoms with Gasteiger partial charge in [0.15, 0.2) is 5.96 Å². The molecule has 0 saturated carbocycles. The minimum atomic E-state index is -0.468. The summed E-state index contributed by atoms with van der Waals surface area (Å²) in [6, 6.07) is 21.3. The third-order valence-electron chi connectivity index (χ3n) is 7.67. The summed E-state index contributed by atoms with van der Waals surface area (Å²) in [5, 5.41) is 9.96. The molecular formula is C32H51N7O2. The molecule has 0 amide bonds. The molecule has 0 aliphatic heterocycles. The van der Waals surface area contributed by atoms with Crippen molar-refractivity contribution >= 4 is 12.2 Å². The molecule has 0 radical (unpaired) electrons. The van der Waals surface area contributed by atoms with E-state index in [0.29, 0.717) is 32.1 Å². The van der Waals surface area contributed by atoms with Crippen LogP contribution in [-0.4, -0.2) is 81.1 Å². The first-order valence-electron chi connectivity index (χ1n) is 14.5. The maximum atomic E-state index is 11.4. The van der Waals surface area contributed by atoms with E-state index in [1.165, 1.54) is 11.1 Å². The fourth-order valence-electron chi connectivity index (χ4n) is 4.88. The van der Waals surface area contributed by atoms with Crippen molar-refractivity contribution in [2.45, 2.75) is 63.8 Å². The third-order valence-corrected chi connectivity index (χ3v) is 7.67. The van der Waals surface area contributed by atoms with Crippen LogP contribution in [0.1, 0.15) is 51.2 Å². The zero-order chi connectivity index (χ0) is 30.3. The van der Waals surface area contributed by atoms with Crippen LogP contribution in [0.4, 0.5) is 0 Å². The number of aldehydes is 1. The monoisotopic (exact) mass is 565 g/mol. The summed E-state index contributed by atoms with van der Waals surface area (Å²) in [7, 11) is 6.29. The Labute approximate surface area is 247 Å². The molecule has 2 unspecified atom stereocenters. The number of ether oxygens (including phenoxy) is 1. The zero-order valence-electron chi connectivity index (χ0n) is 25.7. The fraction of sp³-hybridized carbons (Fsp3) is 0.500. The SMILES string of the molecule is C/C=C(\OC(C)N(C)CCNN[C@H](C=O)CCCNC(=N)N)C(CC(C)N(C)C)(c1ccccc1)c1ccccc1. The molecule has 0 spiro atoms. The molecule has 0 heterocycles. The molecule has 2 aromatic carbocycles. The Kier molecular flexibility index (Phi) is 14.5. The number of rotatable bonds is 19. The number of hydrogen-bond acceptors (Lipinski definition) is 7. The Balaban J connectivity index is 2.15. The lowest BCUT2D eigenvalue weighted by Gasteiger charge is -2.42. The van der Waals surface area contributed by atoms with Gasteiger partial charge >= 0.3 is 0 Å². The number of benzene rings is 2. The van der Waals surface area contributed by atoms with Gasteiger partial charge in [-0.15, -0.1) is 0 Å². The minimum Gasteiger partial charge on any atom is -0.479 e. The average Bonchev–Trinajstić information content (AvgIpc) is 2.98. The van der Waals surface area contributed by atoms with Gasteiger partial charge in [-0.05, 0) is 78.4 Å². The number of hydrogen-bond donors (Lipinski definition) is 5. The fourth-order valence-corrected chi connectivity index (χ4v) is 4.88. The molecule has 9 heteroatoms. The standard InChI is InChI=1S/C32H51N7O2/c1-7-30(41-26(3)39(6)22-21-36-37-29(24-40)19-14-20-35-31(33)34)32(23-25(2)38(4)5,27-15-10-8-11-16-27)28-17-12-9-13-18-28/h7-13,15-18,24-26,29,36-37H,14,19-23H2,1-6H3,(H4,33,34,35)/b30-7-/t25?,26?,29-/m0/s1. The quantitative estimate of drug-likeness (QED) is 0.0334. The van der Waals surface area contributed by atoms with Crippen molar-refractivity contribution in [2.24, 2.45) is 5.73 Å². The molecule has 9 nitrogen and oxygen atoms in total. The molecule has 0 aliphatic carbocycles. The van der Waals surface area contributed by atoms with Crippen molar-refractivity contribution in [1.82, 2.24) is 26.0 Å². The summed E-state index contributed by atoms with van der Waals surface area (Å²) >= 11 is 0. The average molecular weight is 566 g/mol. The topological polar surface area (TPSA) is 119 Å².